The van der Waals surface area contributed by atoms with Crippen molar-refractivity contribution in [1.82, 2.24) is 15.8 Å². The van der Waals surface area contributed by atoms with Crippen LogP contribution in [0.25, 0.3) is 0 Å². The predicted molar refractivity (Wildman–Crippen MR) is 81.7 cm³/mol. The number of nitrogens with one attached hydrogen (secondary N) is 2. The maximum Gasteiger partial charge on any atom is 0.191 e. The number of aromatic nitrogens is 1. The summed E-state index contributed by atoms with van der Waals surface area (Å²) in [5.74, 6) is 2.85. The topological polar surface area (TPSA) is 62.5 Å². The SMILES string of the molecule is CCc1cc(CNC(=NC)NCCCCSC)on1. The molecule has 0 aromatic carbocycles. The van der Waals surface area contributed by atoms with Gasteiger partial charge >= 0.3 is 0 Å². The van der Waals surface area contributed by atoms with Crippen molar-refractivity contribution >= 4 is 17.7 Å². The fraction of sp³-hybridized carbons (Fsp3) is 0.692. The molecule has 0 aliphatic rings. The number of hydrogen-bond acceptors (Lipinski definition) is 4. The molecule has 1 rings (SSSR count). The Bertz CT molecular complexity index is 378. The molecule has 0 unspecified atom stereocenters. The van der Waals surface area contributed by atoms with Crippen molar-refractivity contribution in [1.29, 1.82) is 0 Å². The molecular weight excluding hydrogens is 260 g/mol. The molecule has 0 aliphatic heterocycles. The third-order valence-electron chi connectivity index (χ3n) is 2.69. The number of aliphatic imine (C=N–C) groups is 1. The minimum atomic E-state index is 0.609. The molecule has 2 N–H and O–H groups in total. The first-order chi connectivity index (χ1) is 9.30. The molecule has 0 radical (unpaired) electrons. The van der Waals surface area contributed by atoms with Crippen LogP contribution in [0.1, 0.15) is 31.2 Å². The highest BCUT2D eigenvalue weighted by Crippen LogP contribution is 2.03. The van der Waals surface area contributed by atoms with Crippen LogP contribution in [0.4, 0.5) is 0 Å². The fourth-order valence-corrected chi connectivity index (χ4v) is 2.07. The zero-order valence-corrected chi connectivity index (χ0v) is 12.8. The first-order valence-electron chi connectivity index (χ1n) is 6.68. The van der Waals surface area contributed by atoms with Crippen LogP contribution in [0.15, 0.2) is 15.6 Å². The quantitative estimate of drug-likeness (QED) is 0.434. The molecule has 0 atom stereocenters. The summed E-state index contributed by atoms with van der Waals surface area (Å²) in [6.45, 7) is 3.61. The molecule has 0 spiro atoms. The van der Waals surface area contributed by atoms with Gasteiger partial charge in [-0.15, -0.1) is 0 Å². The van der Waals surface area contributed by atoms with E-state index in [1.165, 1.54) is 12.2 Å². The summed E-state index contributed by atoms with van der Waals surface area (Å²) in [6.07, 6.45) is 5.42. The Kier molecular flexibility index (Phi) is 8.13. The third kappa shape index (κ3) is 6.52. The lowest BCUT2D eigenvalue weighted by Crippen LogP contribution is -2.37. The second-order valence-electron chi connectivity index (χ2n) is 4.19. The van der Waals surface area contributed by atoms with Crippen LogP contribution in [0, 0.1) is 0 Å². The lowest BCUT2D eigenvalue weighted by molar-refractivity contribution is 0.374. The molecule has 1 aromatic rings. The van der Waals surface area contributed by atoms with Crippen molar-refractivity contribution in [2.45, 2.75) is 32.7 Å². The zero-order chi connectivity index (χ0) is 13.9. The standard InChI is InChI=1S/C13H24N4OS/c1-4-11-9-12(18-17-11)10-16-13(14-2)15-7-5-6-8-19-3/h9H,4-8,10H2,1-3H3,(H2,14,15,16). The van der Waals surface area contributed by atoms with Crippen LogP contribution >= 0.6 is 11.8 Å². The molecule has 1 aromatic heterocycles. The maximum absolute atomic E-state index is 5.21. The number of thioether (sulfide) groups is 1. The van der Waals surface area contributed by atoms with Crippen molar-refractivity contribution in [3.8, 4) is 0 Å². The maximum atomic E-state index is 5.21. The number of guanidine groups is 1. The van der Waals surface area contributed by atoms with E-state index in [0.717, 1.165) is 36.8 Å². The van der Waals surface area contributed by atoms with E-state index in [0.29, 0.717) is 6.54 Å². The average Bonchev–Trinajstić information content (AvgIpc) is 2.90. The summed E-state index contributed by atoms with van der Waals surface area (Å²) < 4.78 is 5.21. The Hall–Kier alpha value is -1.17. The number of unbranched alkanes of at least 4 members (excludes halogenated alkanes) is 1. The van der Waals surface area contributed by atoms with Gasteiger partial charge in [-0.25, -0.2) is 0 Å². The zero-order valence-electron chi connectivity index (χ0n) is 12.0. The lowest BCUT2D eigenvalue weighted by atomic mass is 10.3. The van der Waals surface area contributed by atoms with Crippen molar-refractivity contribution in [2.24, 2.45) is 4.99 Å². The Labute approximate surface area is 119 Å². The van der Waals surface area contributed by atoms with Gasteiger partial charge in [-0.05, 0) is 31.3 Å². The molecule has 6 heteroatoms. The predicted octanol–water partition coefficient (Wildman–Crippen LogP) is 2.05. The van der Waals surface area contributed by atoms with E-state index in [1.54, 1.807) is 7.05 Å². The van der Waals surface area contributed by atoms with E-state index < -0.39 is 0 Å². The molecular formula is C13H24N4OS. The number of aryl methyl sites for hydroxylation is 1. The molecule has 0 bridgehead atoms. The molecule has 19 heavy (non-hydrogen) atoms. The largest absolute Gasteiger partial charge is 0.359 e. The van der Waals surface area contributed by atoms with Gasteiger partial charge in [0, 0.05) is 19.7 Å². The summed E-state index contributed by atoms with van der Waals surface area (Å²) in [5.41, 5.74) is 0.983. The monoisotopic (exact) mass is 284 g/mol. The van der Waals surface area contributed by atoms with Crippen molar-refractivity contribution in [3.05, 3.63) is 17.5 Å². The van der Waals surface area contributed by atoms with Crippen LogP contribution in [0.5, 0.6) is 0 Å². The van der Waals surface area contributed by atoms with E-state index >= 15 is 0 Å². The van der Waals surface area contributed by atoms with Crippen molar-refractivity contribution < 1.29 is 4.52 Å². The van der Waals surface area contributed by atoms with Crippen molar-refractivity contribution in [3.63, 3.8) is 0 Å². The van der Waals surface area contributed by atoms with E-state index in [4.69, 9.17) is 4.52 Å². The summed E-state index contributed by atoms with van der Waals surface area (Å²) in [4.78, 5) is 4.18. The van der Waals surface area contributed by atoms with E-state index in [9.17, 15) is 0 Å². The summed E-state index contributed by atoms with van der Waals surface area (Å²) >= 11 is 1.89. The van der Waals surface area contributed by atoms with Gasteiger partial charge < -0.3 is 15.2 Å². The Balaban J connectivity index is 2.21. The van der Waals surface area contributed by atoms with Gasteiger partial charge in [0.05, 0.1) is 12.2 Å². The number of nitrogens with zero attached hydrogens (tertiary/aromatic N) is 2. The van der Waals surface area contributed by atoms with Gasteiger partial charge in [0.25, 0.3) is 0 Å². The molecule has 1 heterocycles. The summed E-state index contributed by atoms with van der Waals surface area (Å²) in [5, 5.41) is 10.5. The second-order valence-corrected chi connectivity index (χ2v) is 5.18. The normalized spacial score (nSPS) is 11.6. The van der Waals surface area contributed by atoms with Crippen LogP contribution in [-0.4, -0.2) is 36.7 Å². The fourth-order valence-electron chi connectivity index (χ4n) is 1.58. The van der Waals surface area contributed by atoms with Crippen LogP contribution in [0.2, 0.25) is 0 Å². The first-order valence-corrected chi connectivity index (χ1v) is 8.07. The van der Waals surface area contributed by atoms with Gasteiger partial charge in [-0.3, -0.25) is 4.99 Å². The van der Waals surface area contributed by atoms with Crippen molar-refractivity contribution in [2.75, 3.05) is 25.6 Å². The molecule has 0 saturated heterocycles. The molecule has 0 fully saturated rings. The summed E-state index contributed by atoms with van der Waals surface area (Å²) in [7, 11) is 1.77. The minimum absolute atomic E-state index is 0.609. The number of rotatable bonds is 8. The highest BCUT2D eigenvalue weighted by atomic mass is 32.2. The van der Waals surface area contributed by atoms with Gasteiger partial charge in [-0.1, -0.05) is 12.1 Å². The minimum Gasteiger partial charge on any atom is -0.359 e. The average molecular weight is 284 g/mol. The van der Waals surface area contributed by atoms with Gasteiger partial charge in [0.2, 0.25) is 0 Å². The number of hydrogen-bond donors (Lipinski definition) is 2. The van der Waals surface area contributed by atoms with Gasteiger partial charge in [-0.2, -0.15) is 11.8 Å². The van der Waals surface area contributed by atoms with E-state index in [1.807, 2.05) is 17.8 Å². The van der Waals surface area contributed by atoms with E-state index in [2.05, 4.69) is 34.0 Å². The highest BCUT2D eigenvalue weighted by Gasteiger charge is 2.03. The molecule has 108 valence electrons. The van der Waals surface area contributed by atoms with Crippen LogP contribution in [-0.2, 0) is 13.0 Å². The third-order valence-corrected chi connectivity index (χ3v) is 3.39. The second kappa shape index (κ2) is 9.72. The van der Waals surface area contributed by atoms with E-state index in [-0.39, 0.29) is 0 Å². The van der Waals surface area contributed by atoms with Crippen LogP contribution in [0.3, 0.4) is 0 Å². The smallest absolute Gasteiger partial charge is 0.191 e. The van der Waals surface area contributed by atoms with Gasteiger partial charge in [0.15, 0.2) is 11.7 Å². The summed E-state index contributed by atoms with van der Waals surface area (Å²) in [6, 6.07) is 1.97. The highest BCUT2D eigenvalue weighted by molar-refractivity contribution is 7.98. The molecule has 0 amide bonds. The Morgan fingerprint density at radius 2 is 2.26 bits per heavy atom. The Morgan fingerprint density at radius 3 is 2.89 bits per heavy atom. The molecule has 0 aliphatic carbocycles. The lowest BCUT2D eigenvalue weighted by Gasteiger charge is -2.10. The molecule has 5 nitrogen and oxygen atoms in total. The van der Waals surface area contributed by atoms with Gasteiger partial charge in [0.1, 0.15) is 0 Å². The van der Waals surface area contributed by atoms with Crippen LogP contribution < -0.4 is 10.6 Å². The molecule has 0 saturated carbocycles. The first kappa shape index (κ1) is 15.9. The Morgan fingerprint density at radius 1 is 1.42 bits per heavy atom.